The van der Waals surface area contributed by atoms with Crippen molar-refractivity contribution in [2.24, 2.45) is 0 Å². The van der Waals surface area contributed by atoms with Gasteiger partial charge in [0.05, 0.1) is 0 Å². The fourth-order valence-corrected chi connectivity index (χ4v) is 8.49. The van der Waals surface area contributed by atoms with Gasteiger partial charge in [0.25, 0.3) is 0 Å². The van der Waals surface area contributed by atoms with Crippen LogP contribution in [0.25, 0.3) is 0 Å². The molecule has 3 nitrogen and oxygen atoms in total. The molecule has 0 spiro atoms. The van der Waals surface area contributed by atoms with Crippen molar-refractivity contribution in [2.75, 3.05) is 0 Å². The lowest BCUT2D eigenvalue weighted by Gasteiger charge is -2.49. The van der Waals surface area contributed by atoms with Gasteiger partial charge in [-0.25, -0.2) is 0 Å². The van der Waals surface area contributed by atoms with Crippen LogP contribution < -0.4 is 0 Å². The second kappa shape index (κ2) is 10.6. The van der Waals surface area contributed by atoms with E-state index >= 15 is 0 Å². The zero-order valence-electron chi connectivity index (χ0n) is 20.1. The first kappa shape index (κ1) is 24.4. The van der Waals surface area contributed by atoms with Gasteiger partial charge in [-0.15, -0.1) is 0 Å². The molecule has 0 unspecified atom stereocenters. The van der Waals surface area contributed by atoms with E-state index in [1.54, 1.807) is 0 Å². The van der Waals surface area contributed by atoms with Crippen LogP contribution >= 0.6 is 0 Å². The van der Waals surface area contributed by atoms with Crippen molar-refractivity contribution in [3.8, 4) is 0 Å². The molecule has 0 saturated carbocycles. The van der Waals surface area contributed by atoms with E-state index in [-0.39, 0.29) is 18.3 Å². The second-order valence-corrected chi connectivity index (χ2v) is 11.5. The van der Waals surface area contributed by atoms with Gasteiger partial charge < -0.3 is 13.3 Å². The molecule has 4 heteroatoms. The smallest absolute Gasteiger partial charge is 0.370 e. The Morgan fingerprint density at radius 1 is 0.469 bits per heavy atom. The van der Waals surface area contributed by atoms with Gasteiger partial charge in [0, 0.05) is 18.3 Å². The van der Waals surface area contributed by atoms with Crippen molar-refractivity contribution >= 4 is 8.80 Å². The van der Waals surface area contributed by atoms with E-state index in [0.29, 0.717) is 0 Å². The van der Waals surface area contributed by atoms with Gasteiger partial charge in [-0.05, 0) is 58.2 Å². The summed E-state index contributed by atoms with van der Waals surface area (Å²) in [4.78, 5) is 0. The topological polar surface area (TPSA) is 27.7 Å². The number of hydrogen-bond acceptors (Lipinski definition) is 3. The molecule has 0 aromatic heterocycles. The first-order chi connectivity index (χ1) is 15.3. The molecular weight excluding hydrogens is 412 g/mol. The van der Waals surface area contributed by atoms with E-state index in [9.17, 15) is 0 Å². The van der Waals surface area contributed by atoms with Gasteiger partial charge in [-0.2, -0.15) is 0 Å². The highest BCUT2D eigenvalue weighted by atomic mass is 28.4. The molecule has 0 heterocycles. The van der Waals surface area contributed by atoms with Gasteiger partial charge in [0.15, 0.2) is 0 Å². The third kappa shape index (κ3) is 4.89. The van der Waals surface area contributed by atoms with Crippen LogP contribution in [0.2, 0.25) is 0 Å². The SMILES string of the molecule is CC(C)O[Si](OC(C)C)(OC(C)C)C(c1ccccc1)(c1ccccc1)c1ccccc1. The van der Waals surface area contributed by atoms with Crippen LogP contribution in [0.4, 0.5) is 0 Å². The summed E-state index contributed by atoms with van der Waals surface area (Å²) in [6, 6.07) is 31.6. The Bertz CT molecular complexity index is 817. The lowest BCUT2D eigenvalue weighted by atomic mass is 9.84. The second-order valence-electron chi connectivity index (χ2n) is 8.90. The lowest BCUT2D eigenvalue weighted by molar-refractivity contribution is -0.00943. The van der Waals surface area contributed by atoms with Crippen LogP contribution in [0, 0.1) is 0 Å². The molecule has 0 bridgehead atoms. The molecule has 0 aliphatic carbocycles. The van der Waals surface area contributed by atoms with E-state index in [2.05, 4.69) is 114 Å². The molecule has 32 heavy (non-hydrogen) atoms. The van der Waals surface area contributed by atoms with Crippen LogP contribution in [0.3, 0.4) is 0 Å². The standard InChI is InChI=1S/C28H36O3Si/c1-22(2)29-32(30-23(3)4,31-24(5)6)28(25-16-10-7-11-17-25,26-18-12-8-13-19-26)27-20-14-9-15-21-27/h7-24H,1-6H3. The minimum absolute atomic E-state index is 0.0744. The maximum absolute atomic E-state index is 6.88. The third-order valence-corrected chi connectivity index (χ3v) is 9.38. The van der Waals surface area contributed by atoms with Crippen LogP contribution in [0.5, 0.6) is 0 Å². The first-order valence-corrected chi connectivity index (χ1v) is 13.2. The van der Waals surface area contributed by atoms with E-state index in [1.807, 2.05) is 18.2 Å². The Balaban J connectivity index is 2.52. The average molecular weight is 449 g/mol. The minimum atomic E-state index is -3.49. The van der Waals surface area contributed by atoms with Crippen LogP contribution in [0.15, 0.2) is 91.0 Å². The Morgan fingerprint density at radius 3 is 0.938 bits per heavy atom. The number of hydrogen-bond donors (Lipinski definition) is 0. The lowest BCUT2D eigenvalue weighted by Crippen LogP contribution is -2.66. The van der Waals surface area contributed by atoms with Gasteiger partial charge in [-0.1, -0.05) is 91.0 Å². The van der Waals surface area contributed by atoms with Crippen LogP contribution in [0.1, 0.15) is 58.2 Å². The molecule has 0 aliphatic heterocycles. The molecule has 170 valence electrons. The Morgan fingerprint density at radius 2 is 0.719 bits per heavy atom. The molecule has 3 rings (SSSR count). The van der Waals surface area contributed by atoms with Crippen LogP contribution in [-0.2, 0) is 18.3 Å². The normalized spacial score (nSPS) is 12.7. The average Bonchev–Trinajstić information content (AvgIpc) is 2.75. The number of benzene rings is 3. The monoisotopic (exact) mass is 448 g/mol. The molecule has 3 aromatic carbocycles. The van der Waals surface area contributed by atoms with E-state index in [4.69, 9.17) is 13.3 Å². The fourth-order valence-electron chi connectivity index (χ4n) is 4.37. The predicted octanol–water partition coefficient (Wildman–Crippen LogP) is 6.77. The Labute approximate surface area is 194 Å². The van der Waals surface area contributed by atoms with Crippen LogP contribution in [-0.4, -0.2) is 27.1 Å². The molecular formula is C28H36O3Si. The molecule has 0 radical (unpaired) electrons. The maximum atomic E-state index is 6.88. The highest BCUT2D eigenvalue weighted by Crippen LogP contribution is 2.49. The van der Waals surface area contributed by atoms with Crippen molar-refractivity contribution < 1.29 is 13.3 Å². The minimum Gasteiger partial charge on any atom is -0.370 e. The molecule has 0 saturated heterocycles. The molecule has 0 N–H and O–H groups in total. The van der Waals surface area contributed by atoms with Gasteiger partial charge in [-0.3, -0.25) is 0 Å². The summed E-state index contributed by atoms with van der Waals surface area (Å²) in [6.45, 7) is 12.3. The van der Waals surface area contributed by atoms with Crippen molar-refractivity contribution in [2.45, 2.75) is 64.9 Å². The molecule has 0 aliphatic rings. The van der Waals surface area contributed by atoms with E-state index in [1.165, 1.54) is 0 Å². The zero-order valence-corrected chi connectivity index (χ0v) is 21.1. The molecule has 0 amide bonds. The van der Waals surface area contributed by atoms with Crippen molar-refractivity contribution in [1.29, 1.82) is 0 Å². The summed E-state index contributed by atoms with van der Waals surface area (Å²) < 4.78 is 20.6. The summed E-state index contributed by atoms with van der Waals surface area (Å²) >= 11 is 0. The highest BCUT2D eigenvalue weighted by Gasteiger charge is 2.65. The largest absolute Gasteiger partial charge is 0.522 e. The van der Waals surface area contributed by atoms with Gasteiger partial charge >= 0.3 is 8.80 Å². The van der Waals surface area contributed by atoms with Crippen molar-refractivity contribution in [3.05, 3.63) is 108 Å². The molecule has 3 aromatic rings. The Hall–Kier alpha value is -2.24. The number of rotatable bonds is 10. The predicted molar refractivity (Wildman–Crippen MR) is 134 cm³/mol. The highest BCUT2D eigenvalue weighted by molar-refractivity contribution is 6.66. The fraction of sp³-hybridized carbons (Fsp3) is 0.357. The summed E-state index contributed by atoms with van der Waals surface area (Å²) in [7, 11) is -3.49. The molecule has 0 fully saturated rings. The quantitative estimate of drug-likeness (QED) is 0.253. The summed E-state index contributed by atoms with van der Waals surface area (Å²) in [5, 5.41) is -0.740. The first-order valence-electron chi connectivity index (χ1n) is 11.5. The van der Waals surface area contributed by atoms with Gasteiger partial charge in [0.1, 0.15) is 5.04 Å². The van der Waals surface area contributed by atoms with Crippen molar-refractivity contribution in [1.82, 2.24) is 0 Å². The summed E-state index contributed by atoms with van der Waals surface area (Å²) in [5.41, 5.74) is 3.31. The van der Waals surface area contributed by atoms with Crippen molar-refractivity contribution in [3.63, 3.8) is 0 Å². The Kier molecular flexibility index (Phi) is 8.07. The van der Waals surface area contributed by atoms with E-state index in [0.717, 1.165) is 16.7 Å². The maximum Gasteiger partial charge on any atom is 0.522 e. The summed E-state index contributed by atoms with van der Waals surface area (Å²) in [6.07, 6.45) is -0.223. The third-order valence-electron chi connectivity index (χ3n) is 5.25. The van der Waals surface area contributed by atoms with E-state index < -0.39 is 13.8 Å². The van der Waals surface area contributed by atoms with Gasteiger partial charge in [0.2, 0.25) is 0 Å². The zero-order chi connectivity index (χ0) is 23.2. The molecule has 0 atom stereocenters. The summed E-state index contributed by atoms with van der Waals surface area (Å²) in [5.74, 6) is 0.